The van der Waals surface area contributed by atoms with Crippen LogP contribution in [0.25, 0.3) is 0 Å². The van der Waals surface area contributed by atoms with E-state index in [1.807, 2.05) is 0 Å². The molecule has 1 aliphatic carbocycles. The van der Waals surface area contributed by atoms with Crippen molar-refractivity contribution in [1.29, 1.82) is 0 Å². The van der Waals surface area contributed by atoms with E-state index in [-0.39, 0.29) is 17.9 Å². The lowest BCUT2D eigenvalue weighted by Crippen LogP contribution is -2.39. The molecule has 1 aliphatic rings. The van der Waals surface area contributed by atoms with Crippen LogP contribution in [0.2, 0.25) is 0 Å². The molecule has 2 N–H and O–H groups in total. The predicted molar refractivity (Wildman–Crippen MR) is 73.1 cm³/mol. The number of halogens is 2. The number of rotatable bonds is 2. The summed E-state index contributed by atoms with van der Waals surface area (Å²) in [7, 11) is 0. The Morgan fingerprint density at radius 3 is 2.67 bits per heavy atom. The van der Waals surface area contributed by atoms with Crippen molar-refractivity contribution in [2.75, 3.05) is 5.32 Å². The molecule has 0 spiro atoms. The molecule has 18 heavy (non-hydrogen) atoms. The van der Waals surface area contributed by atoms with E-state index in [0.29, 0.717) is 10.2 Å². The molecule has 1 fully saturated rings. The van der Waals surface area contributed by atoms with E-state index < -0.39 is 0 Å². The Balaban J connectivity index is 1.88. The summed E-state index contributed by atoms with van der Waals surface area (Å²) in [6, 6.07) is 4.46. The van der Waals surface area contributed by atoms with Gasteiger partial charge in [0.1, 0.15) is 5.82 Å². The van der Waals surface area contributed by atoms with Crippen LogP contribution in [0.4, 0.5) is 14.9 Å². The average molecular weight is 315 g/mol. The second-order valence-electron chi connectivity index (χ2n) is 4.56. The first-order valence-corrected chi connectivity index (χ1v) is 6.97. The van der Waals surface area contributed by atoms with Crippen molar-refractivity contribution in [2.45, 2.75) is 38.1 Å². The molecule has 1 aromatic carbocycles. The second-order valence-corrected chi connectivity index (χ2v) is 5.42. The number of anilines is 1. The van der Waals surface area contributed by atoms with E-state index in [2.05, 4.69) is 26.6 Å². The van der Waals surface area contributed by atoms with Gasteiger partial charge in [-0.25, -0.2) is 9.18 Å². The number of amides is 2. The molecule has 0 aromatic heterocycles. The number of carbonyl (C=O) groups is 1. The summed E-state index contributed by atoms with van der Waals surface area (Å²) in [5.41, 5.74) is 0.580. The zero-order valence-corrected chi connectivity index (χ0v) is 11.6. The molecular formula is C13H16BrFN2O. The van der Waals surface area contributed by atoms with E-state index in [4.69, 9.17) is 0 Å². The maximum absolute atomic E-state index is 13.0. The smallest absolute Gasteiger partial charge is 0.319 e. The van der Waals surface area contributed by atoms with Crippen molar-refractivity contribution in [2.24, 2.45) is 0 Å². The number of benzene rings is 1. The summed E-state index contributed by atoms with van der Waals surface area (Å²) in [4.78, 5) is 11.7. The first-order valence-electron chi connectivity index (χ1n) is 6.18. The van der Waals surface area contributed by atoms with Gasteiger partial charge in [-0.2, -0.15) is 0 Å². The van der Waals surface area contributed by atoms with Gasteiger partial charge in [-0.15, -0.1) is 0 Å². The fraction of sp³-hybridized carbons (Fsp3) is 0.462. The fourth-order valence-electron chi connectivity index (χ4n) is 2.17. The summed E-state index contributed by atoms with van der Waals surface area (Å²) in [6.07, 6.45) is 5.69. The number of hydrogen-bond donors (Lipinski definition) is 2. The van der Waals surface area contributed by atoms with Gasteiger partial charge in [-0.1, -0.05) is 19.3 Å². The van der Waals surface area contributed by atoms with Gasteiger partial charge in [0, 0.05) is 11.7 Å². The van der Waals surface area contributed by atoms with Gasteiger partial charge in [0.05, 0.1) is 4.47 Å². The molecule has 0 saturated heterocycles. The first-order chi connectivity index (χ1) is 8.65. The van der Waals surface area contributed by atoms with Gasteiger partial charge in [0.15, 0.2) is 0 Å². The molecule has 0 heterocycles. The number of hydrogen-bond acceptors (Lipinski definition) is 1. The SMILES string of the molecule is O=C(Nc1ccc(F)c(Br)c1)NC1CCCCC1. The van der Waals surface area contributed by atoms with Gasteiger partial charge in [0.25, 0.3) is 0 Å². The molecule has 0 aliphatic heterocycles. The topological polar surface area (TPSA) is 41.1 Å². The van der Waals surface area contributed by atoms with Crippen molar-refractivity contribution in [3.05, 3.63) is 28.5 Å². The normalized spacial score (nSPS) is 16.3. The van der Waals surface area contributed by atoms with Gasteiger partial charge in [-0.3, -0.25) is 0 Å². The third kappa shape index (κ3) is 3.70. The Hall–Kier alpha value is -1.10. The Bertz CT molecular complexity index is 433. The van der Waals surface area contributed by atoms with Gasteiger partial charge in [0.2, 0.25) is 0 Å². The average Bonchev–Trinajstić information content (AvgIpc) is 2.35. The Morgan fingerprint density at radius 1 is 1.28 bits per heavy atom. The monoisotopic (exact) mass is 314 g/mol. The molecule has 98 valence electrons. The van der Waals surface area contributed by atoms with Crippen LogP contribution in [0.15, 0.2) is 22.7 Å². The molecule has 5 heteroatoms. The molecule has 0 unspecified atom stereocenters. The largest absolute Gasteiger partial charge is 0.335 e. The van der Waals surface area contributed by atoms with Crippen LogP contribution in [-0.4, -0.2) is 12.1 Å². The lowest BCUT2D eigenvalue weighted by molar-refractivity contribution is 0.244. The maximum atomic E-state index is 13.0. The first kappa shape index (κ1) is 13.3. The van der Waals surface area contributed by atoms with Crippen LogP contribution in [-0.2, 0) is 0 Å². The number of carbonyl (C=O) groups excluding carboxylic acids is 1. The highest BCUT2D eigenvalue weighted by atomic mass is 79.9. The molecule has 0 radical (unpaired) electrons. The molecule has 0 bridgehead atoms. The van der Waals surface area contributed by atoms with E-state index >= 15 is 0 Å². The van der Waals surface area contributed by atoms with Gasteiger partial charge >= 0.3 is 6.03 Å². The molecule has 3 nitrogen and oxygen atoms in total. The van der Waals surface area contributed by atoms with Crippen LogP contribution >= 0.6 is 15.9 Å². The van der Waals surface area contributed by atoms with Crippen molar-refractivity contribution in [3.63, 3.8) is 0 Å². The summed E-state index contributed by atoms with van der Waals surface area (Å²) in [6.45, 7) is 0. The summed E-state index contributed by atoms with van der Waals surface area (Å²) in [5, 5.41) is 5.65. The Kier molecular flexibility index (Phi) is 4.58. The van der Waals surface area contributed by atoms with Crippen LogP contribution in [0.3, 0.4) is 0 Å². The van der Waals surface area contributed by atoms with E-state index in [0.717, 1.165) is 12.8 Å². The van der Waals surface area contributed by atoms with E-state index in [1.165, 1.54) is 25.3 Å². The quantitative estimate of drug-likeness (QED) is 0.849. The highest BCUT2D eigenvalue weighted by molar-refractivity contribution is 9.10. The minimum absolute atomic E-state index is 0.222. The molecule has 0 atom stereocenters. The molecular weight excluding hydrogens is 299 g/mol. The lowest BCUT2D eigenvalue weighted by Gasteiger charge is -2.22. The molecule has 1 saturated carbocycles. The van der Waals surface area contributed by atoms with Crippen LogP contribution in [0.5, 0.6) is 0 Å². The fourth-order valence-corrected chi connectivity index (χ4v) is 2.55. The van der Waals surface area contributed by atoms with Crippen LogP contribution in [0.1, 0.15) is 32.1 Å². The number of nitrogens with one attached hydrogen (secondary N) is 2. The summed E-state index contributed by atoms with van der Waals surface area (Å²) in [5.74, 6) is -0.340. The zero-order valence-electron chi connectivity index (χ0n) is 10.0. The summed E-state index contributed by atoms with van der Waals surface area (Å²) >= 11 is 3.09. The second kappa shape index (κ2) is 6.18. The van der Waals surface area contributed by atoms with E-state index in [9.17, 15) is 9.18 Å². The Labute approximate surface area is 114 Å². The minimum atomic E-state index is -0.340. The highest BCUT2D eigenvalue weighted by Crippen LogP contribution is 2.20. The van der Waals surface area contributed by atoms with Crippen molar-refractivity contribution < 1.29 is 9.18 Å². The van der Waals surface area contributed by atoms with Crippen molar-refractivity contribution >= 4 is 27.6 Å². The highest BCUT2D eigenvalue weighted by Gasteiger charge is 2.15. The van der Waals surface area contributed by atoms with Crippen LogP contribution < -0.4 is 10.6 Å². The number of urea groups is 1. The van der Waals surface area contributed by atoms with Gasteiger partial charge in [-0.05, 0) is 47.0 Å². The Morgan fingerprint density at radius 2 is 2.00 bits per heavy atom. The lowest BCUT2D eigenvalue weighted by atomic mass is 9.96. The molecule has 1 aromatic rings. The van der Waals surface area contributed by atoms with Gasteiger partial charge < -0.3 is 10.6 Å². The maximum Gasteiger partial charge on any atom is 0.319 e. The third-order valence-corrected chi connectivity index (χ3v) is 3.73. The van der Waals surface area contributed by atoms with Crippen LogP contribution in [0, 0.1) is 5.82 Å². The standard InChI is InChI=1S/C13H16BrFN2O/c14-11-8-10(6-7-12(11)15)17-13(18)16-9-4-2-1-3-5-9/h6-9H,1-5H2,(H2,16,17,18). The molecule has 2 amide bonds. The predicted octanol–water partition coefficient (Wildman–Crippen LogP) is 4.04. The van der Waals surface area contributed by atoms with E-state index in [1.54, 1.807) is 12.1 Å². The summed E-state index contributed by atoms with van der Waals surface area (Å²) < 4.78 is 13.4. The van der Waals surface area contributed by atoms with Crippen molar-refractivity contribution in [3.8, 4) is 0 Å². The van der Waals surface area contributed by atoms with Crippen molar-refractivity contribution in [1.82, 2.24) is 5.32 Å². The molecule has 2 rings (SSSR count). The minimum Gasteiger partial charge on any atom is -0.335 e. The third-order valence-electron chi connectivity index (χ3n) is 3.12. The zero-order chi connectivity index (χ0) is 13.0.